The van der Waals surface area contributed by atoms with E-state index in [0.29, 0.717) is 0 Å². The number of alkyl halides is 12. The molecule has 0 aliphatic carbocycles. The molecule has 1 unspecified atom stereocenters. The second kappa shape index (κ2) is 7.28. The number of hydrogen-bond donors (Lipinski definition) is 0. The van der Waals surface area contributed by atoms with E-state index in [4.69, 9.17) is 0 Å². The quantitative estimate of drug-likeness (QED) is 0.353. The van der Waals surface area contributed by atoms with Gasteiger partial charge in [0.05, 0.1) is 17.5 Å². The first kappa shape index (κ1) is 23.8. The zero-order chi connectivity index (χ0) is 22.3. The summed E-state index contributed by atoms with van der Waals surface area (Å²) in [4.78, 5) is 22.8. The van der Waals surface area contributed by atoms with Gasteiger partial charge in [-0.25, -0.2) is 4.39 Å². The van der Waals surface area contributed by atoms with Gasteiger partial charge < -0.3 is 0 Å². The van der Waals surface area contributed by atoms with Crippen LogP contribution in [0.15, 0.2) is 18.2 Å². The van der Waals surface area contributed by atoms with Crippen LogP contribution in [-0.2, 0) is 17.1 Å². The largest absolute Gasteiger partial charge is 0.426 e. The molecule has 1 atom stereocenters. The Morgan fingerprint density at radius 3 is 1.46 bits per heavy atom. The Morgan fingerprint density at radius 1 is 0.750 bits per heavy atom. The lowest BCUT2D eigenvalue weighted by Crippen LogP contribution is -2.47. The van der Waals surface area contributed by atoms with E-state index in [9.17, 15) is 62.3 Å². The highest BCUT2D eigenvalue weighted by Crippen LogP contribution is 2.38. The van der Waals surface area contributed by atoms with Gasteiger partial charge in [0.1, 0.15) is 0 Å². The van der Waals surface area contributed by atoms with Crippen LogP contribution >= 0.6 is 0 Å². The molecule has 0 fully saturated rings. The molecule has 1 aromatic carbocycles. The van der Waals surface area contributed by atoms with Crippen LogP contribution < -0.4 is 0 Å². The van der Waals surface area contributed by atoms with E-state index in [1.807, 2.05) is 0 Å². The predicted molar refractivity (Wildman–Crippen MR) is 66.3 cm³/mol. The Hall–Kier alpha value is -2.28. The average molecular weight is 434 g/mol. The molecule has 1 aromatic rings. The van der Waals surface area contributed by atoms with Crippen molar-refractivity contribution in [3.8, 4) is 0 Å². The Bertz CT molecular complexity index is 725. The van der Waals surface area contributed by atoms with Crippen molar-refractivity contribution in [2.24, 2.45) is 0 Å². The first-order chi connectivity index (χ1) is 12.3. The monoisotopic (exact) mass is 434 g/mol. The van der Waals surface area contributed by atoms with Crippen LogP contribution in [-0.4, -0.2) is 29.8 Å². The SMILES string of the molecule is O=C(CC(=O)C(F)(F)C(F)C(F)(F)F)c1cc(C(F)(F)F)cc(C(F)(F)F)c1. The lowest BCUT2D eigenvalue weighted by Gasteiger charge is -2.21. The number of halogens is 12. The van der Waals surface area contributed by atoms with Gasteiger partial charge in [0.2, 0.25) is 5.78 Å². The average Bonchev–Trinajstić information content (AvgIpc) is 2.50. The highest BCUT2D eigenvalue weighted by atomic mass is 19.4. The number of Topliss-reactive ketones (excluding diaryl/α,β-unsaturated/α-hetero) is 2. The lowest BCUT2D eigenvalue weighted by molar-refractivity contribution is -0.239. The van der Waals surface area contributed by atoms with Crippen molar-refractivity contribution >= 4 is 11.6 Å². The summed E-state index contributed by atoms with van der Waals surface area (Å²) in [5, 5.41) is 0. The van der Waals surface area contributed by atoms with Gasteiger partial charge in [0, 0.05) is 5.56 Å². The second-order valence-electron chi connectivity index (χ2n) is 5.34. The molecule has 1 rings (SSSR count). The van der Waals surface area contributed by atoms with Crippen LogP contribution in [0.4, 0.5) is 52.7 Å². The van der Waals surface area contributed by atoms with Crippen LogP contribution in [0.5, 0.6) is 0 Å². The van der Waals surface area contributed by atoms with Crippen molar-refractivity contribution in [2.45, 2.75) is 37.0 Å². The molecule has 2 nitrogen and oxygen atoms in total. The van der Waals surface area contributed by atoms with Crippen molar-refractivity contribution < 1.29 is 62.3 Å². The van der Waals surface area contributed by atoms with Gasteiger partial charge in [-0.3, -0.25) is 9.59 Å². The minimum Gasteiger partial charge on any atom is -0.294 e. The van der Waals surface area contributed by atoms with Gasteiger partial charge in [-0.05, 0) is 18.2 Å². The number of ketones is 2. The normalized spacial score (nSPS) is 14.7. The van der Waals surface area contributed by atoms with Gasteiger partial charge in [0.15, 0.2) is 5.78 Å². The van der Waals surface area contributed by atoms with Crippen LogP contribution in [0.2, 0.25) is 0 Å². The maximum Gasteiger partial charge on any atom is 0.426 e. The summed E-state index contributed by atoms with van der Waals surface area (Å²) in [6.45, 7) is 0. The summed E-state index contributed by atoms with van der Waals surface area (Å²) in [7, 11) is 0. The third-order valence-corrected chi connectivity index (χ3v) is 3.21. The van der Waals surface area contributed by atoms with Gasteiger partial charge in [-0.1, -0.05) is 0 Å². The number of hydrogen-bond acceptors (Lipinski definition) is 2. The molecule has 0 aliphatic heterocycles. The molecule has 0 heterocycles. The molecule has 14 heteroatoms. The first-order valence-electron chi connectivity index (χ1n) is 6.72. The van der Waals surface area contributed by atoms with Gasteiger partial charge in [-0.2, -0.15) is 48.3 Å². The summed E-state index contributed by atoms with van der Waals surface area (Å²) in [5.74, 6) is -10.8. The van der Waals surface area contributed by atoms with Crippen molar-refractivity contribution in [3.63, 3.8) is 0 Å². The molecule has 0 N–H and O–H groups in total. The molecule has 0 aliphatic rings. The van der Waals surface area contributed by atoms with E-state index in [1.165, 1.54) is 0 Å². The van der Waals surface area contributed by atoms with E-state index in [2.05, 4.69) is 0 Å². The molecule has 0 amide bonds. The van der Waals surface area contributed by atoms with Crippen molar-refractivity contribution in [3.05, 3.63) is 34.9 Å². The highest BCUT2D eigenvalue weighted by Gasteiger charge is 2.60. The smallest absolute Gasteiger partial charge is 0.294 e. The fraction of sp³-hybridized carbons (Fsp3) is 0.429. The fourth-order valence-electron chi connectivity index (χ4n) is 1.83. The van der Waals surface area contributed by atoms with Gasteiger partial charge >= 0.3 is 24.5 Å². The maximum absolute atomic E-state index is 13.2. The molecular formula is C14H6F12O2. The van der Waals surface area contributed by atoms with Gasteiger partial charge in [0.25, 0.3) is 6.17 Å². The first-order valence-corrected chi connectivity index (χ1v) is 6.72. The third-order valence-electron chi connectivity index (χ3n) is 3.21. The molecule has 0 bridgehead atoms. The van der Waals surface area contributed by atoms with Crippen molar-refractivity contribution in [2.75, 3.05) is 0 Å². The third kappa shape index (κ3) is 5.38. The molecule has 0 saturated heterocycles. The Balaban J connectivity index is 3.27. The molecule has 28 heavy (non-hydrogen) atoms. The van der Waals surface area contributed by atoms with E-state index in [1.54, 1.807) is 0 Å². The van der Waals surface area contributed by atoms with Crippen LogP contribution in [0, 0.1) is 0 Å². The Morgan fingerprint density at radius 2 is 1.14 bits per heavy atom. The zero-order valence-corrected chi connectivity index (χ0v) is 12.9. The van der Waals surface area contributed by atoms with E-state index in [-0.39, 0.29) is 12.1 Å². The molecular weight excluding hydrogens is 428 g/mol. The van der Waals surface area contributed by atoms with Crippen LogP contribution in [0.3, 0.4) is 0 Å². The molecule has 0 saturated carbocycles. The molecule has 0 aromatic heterocycles. The number of benzene rings is 1. The minimum absolute atomic E-state index is 0.209. The molecule has 0 spiro atoms. The van der Waals surface area contributed by atoms with Gasteiger partial charge in [-0.15, -0.1) is 0 Å². The molecule has 0 radical (unpaired) electrons. The maximum atomic E-state index is 13.2. The topological polar surface area (TPSA) is 34.1 Å². The summed E-state index contributed by atoms with van der Waals surface area (Å²) >= 11 is 0. The lowest BCUT2D eigenvalue weighted by atomic mass is 9.97. The number of rotatable bonds is 5. The summed E-state index contributed by atoms with van der Waals surface area (Å²) in [6, 6.07) is -0.826. The molecule has 158 valence electrons. The fourth-order valence-corrected chi connectivity index (χ4v) is 1.83. The number of carbonyl (C=O) groups excluding carboxylic acids is 2. The van der Waals surface area contributed by atoms with Crippen molar-refractivity contribution in [1.82, 2.24) is 0 Å². The van der Waals surface area contributed by atoms with Crippen LogP contribution in [0.1, 0.15) is 27.9 Å². The Labute approximate surface area is 147 Å². The van der Waals surface area contributed by atoms with Crippen molar-refractivity contribution in [1.29, 1.82) is 0 Å². The summed E-state index contributed by atoms with van der Waals surface area (Å²) in [6.07, 6.45) is -24.3. The van der Waals surface area contributed by atoms with Crippen LogP contribution in [0.25, 0.3) is 0 Å². The second-order valence-corrected chi connectivity index (χ2v) is 5.34. The standard InChI is InChI=1S/C14H6F12O2/c15-10(14(24,25)26)11(16,17)9(28)4-8(27)5-1-6(12(18,19)20)3-7(2-5)13(21,22)23/h1-3,10H,4H2. The van der Waals surface area contributed by atoms with E-state index in [0.717, 1.165) is 0 Å². The predicted octanol–water partition coefficient (Wildman–Crippen LogP) is 5.40. The van der Waals surface area contributed by atoms with E-state index < -0.39 is 71.4 Å². The summed E-state index contributed by atoms with van der Waals surface area (Å²) < 4.78 is 151. The highest BCUT2D eigenvalue weighted by molar-refractivity contribution is 6.10. The summed E-state index contributed by atoms with van der Waals surface area (Å²) in [5.41, 5.74) is -5.57. The Kier molecular flexibility index (Phi) is 6.17. The number of carbonyl (C=O) groups is 2. The minimum atomic E-state index is -6.21. The van der Waals surface area contributed by atoms with E-state index >= 15 is 0 Å². The zero-order valence-electron chi connectivity index (χ0n) is 12.9.